The van der Waals surface area contributed by atoms with Gasteiger partial charge < -0.3 is 5.32 Å². The molecule has 0 saturated heterocycles. The van der Waals surface area contributed by atoms with Gasteiger partial charge in [-0.1, -0.05) is 51.5 Å². The highest BCUT2D eigenvalue weighted by molar-refractivity contribution is 5.24. The van der Waals surface area contributed by atoms with E-state index in [0.29, 0.717) is 12.1 Å². The van der Waals surface area contributed by atoms with Gasteiger partial charge in [0.25, 0.3) is 0 Å². The van der Waals surface area contributed by atoms with Crippen molar-refractivity contribution < 1.29 is 0 Å². The van der Waals surface area contributed by atoms with Gasteiger partial charge in [-0.25, -0.2) is 0 Å². The average molecular weight is 247 g/mol. The molecule has 1 heteroatoms. The first-order valence-electron chi connectivity index (χ1n) is 7.37. The molecular formula is C17H29N. The van der Waals surface area contributed by atoms with Crippen LogP contribution in [-0.4, -0.2) is 6.04 Å². The first kappa shape index (κ1) is 15.2. The molecule has 0 aliphatic carbocycles. The molecule has 0 aliphatic heterocycles. The number of aryl methyl sites for hydroxylation is 1. The third kappa shape index (κ3) is 5.22. The molecule has 0 aromatic heterocycles. The van der Waals surface area contributed by atoms with E-state index in [9.17, 15) is 0 Å². The summed E-state index contributed by atoms with van der Waals surface area (Å²) < 4.78 is 0. The Bertz CT molecular complexity index is 326. The molecule has 2 atom stereocenters. The first-order chi connectivity index (χ1) is 8.52. The van der Waals surface area contributed by atoms with Crippen LogP contribution in [0, 0.1) is 5.92 Å². The lowest BCUT2D eigenvalue weighted by Gasteiger charge is -2.22. The fourth-order valence-electron chi connectivity index (χ4n) is 2.56. The van der Waals surface area contributed by atoms with Crippen LogP contribution in [0.15, 0.2) is 24.3 Å². The fraction of sp³-hybridized carbons (Fsp3) is 0.647. The second-order valence-electron chi connectivity index (χ2n) is 5.91. The SMILES string of the molecule is CCCc1ccc(C(C)NC(C)CC(C)C)cc1. The van der Waals surface area contributed by atoms with Gasteiger partial charge in [0.2, 0.25) is 0 Å². The Hall–Kier alpha value is -0.820. The van der Waals surface area contributed by atoms with Crippen molar-refractivity contribution in [2.24, 2.45) is 5.92 Å². The zero-order valence-corrected chi connectivity index (χ0v) is 12.7. The molecule has 0 spiro atoms. The Labute approximate surface area is 113 Å². The molecule has 1 aromatic carbocycles. The highest BCUT2D eigenvalue weighted by atomic mass is 14.9. The van der Waals surface area contributed by atoms with Crippen LogP contribution in [0.1, 0.15) is 64.6 Å². The molecule has 0 radical (unpaired) electrons. The van der Waals surface area contributed by atoms with Gasteiger partial charge in [-0.15, -0.1) is 0 Å². The Kier molecular flexibility index (Phi) is 6.42. The summed E-state index contributed by atoms with van der Waals surface area (Å²) in [4.78, 5) is 0. The van der Waals surface area contributed by atoms with Gasteiger partial charge >= 0.3 is 0 Å². The van der Waals surface area contributed by atoms with E-state index in [-0.39, 0.29) is 0 Å². The lowest BCUT2D eigenvalue weighted by Crippen LogP contribution is -2.30. The minimum absolute atomic E-state index is 0.439. The summed E-state index contributed by atoms with van der Waals surface area (Å²) in [5, 5.41) is 3.68. The molecular weight excluding hydrogens is 218 g/mol. The predicted molar refractivity (Wildman–Crippen MR) is 80.9 cm³/mol. The topological polar surface area (TPSA) is 12.0 Å². The molecule has 0 heterocycles. The summed E-state index contributed by atoms with van der Waals surface area (Å²) in [7, 11) is 0. The second-order valence-corrected chi connectivity index (χ2v) is 5.91. The molecule has 0 amide bonds. The first-order valence-corrected chi connectivity index (χ1v) is 7.37. The summed E-state index contributed by atoms with van der Waals surface area (Å²) in [6.07, 6.45) is 3.64. The molecule has 0 aliphatic rings. The van der Waals surface area contributed by atoms with Crippen molar-refractivity contribution in [3.05, 3.63) is 35.4 Å². The standard InChI is InChI=1S/C17H29N/c1-6-7-16-8-10-17(11-9-16)15(5)18-14(4)12-13(2)3/h8-11,13-15,18H,6-7,12H2,1-5H3. The zero-order chi connectivity index (χ0) is 13.5. The quantitative estimate of drug-likeness (QED) is 0.735. The van der Waals surface area contributed by atoms with Crippen molar-refractivity contribution >= 4 is 0 Å². The van der Waals surface area contributed by atoms with E-state index in [1.54, 1.807) is 0 Å². The highest BCUT2D eigenvalue weighted by Gasteiger charge is 2.10. The largest absolute Gasteiger partial charge is 0.308 e. The van der Waals surface area contributed by atoms with Crippen LogP contribution in [0.5, 0.6) is 0 Å². The van der Waals surface area contributed by atoms with E-state index in [0.717, 1.165) is 5.92 Å². The Morgan fingerprint density at radius 2 is 1.61 bits per heavy atom. The van der Waals surface area contributed by atoms with Crippen LogP contribution >= 0.6 is 0 Å². The van der Waals surface area contributed by atoms with E-state index < -0.39 is 0 Å². The maximum Gasteiger partial charge on any atom is 0.0294 e. The highest BCUT2D eigenvalue weighted by Crippen LogP contribution is 2.16. The number of hydrogen-bond acceptors (Lipinski definition) is 1. The maximum atomic E-state index is 3.68. The average Bonchev–Trinajstić information content (AvgIpc) is 2.29. The molecule has 102 valence electrons. The normalized spacial score (nSPS) is 14.8. The smallest absolute Gasteiger partial charge is 0.0294 e. The third-order valence-electron chi connectivity index (χ3n) is 3.38. The fourth-order valence-corrected chi connectivity index (χ4v) is 2.56. The number of nitrogens with one attached hydrogen (secondary N) is 1. The number of rotatable bonds is 7. The number of hydrogen-bond donors (Lipinski definition) is 1. The predicted octanol–water partition coefficient (Wildman–Crippen LogP) is 4.72. The minimum atomic E-state index is 0.439. The molecule has 18 heavy (non-hydrogen) atoms. The molecule has 2 unspecified atom stereocenters. The van der Waals surface area contributed by atoms with Crippen LogP contribution in [0.4, 0.5) is 0 Å². The summed E-state index contributed by atoms with van der Waals surface area (Å²) in [6, 6.07) is 10.1. The van der Waals surface area contributed by atoms with E-state index in [4.69, 9.17) is 0 Å². The molecule has 0 bridgehead atoms. The third-order valence-corrected chi connectivity index (χ3v) is 3.38. The van der Waals surface area contributed by atoms with Crippen molar-refractivity contribution in [1.82, 2.24) is 5.32 Å². The summed E-state index contributed by atoms with van der Waals surface area (Å²) in [6.45, 7) is 11.3. The molecule has 0 saturated carbocycles. The van der Waals surface area contributed by atoms with E-state index in [1.165, 1.54) is 30.4 Å². The van der Waals surface area contributed by atoms with Gasteiger partial charge in [-0.3, -0.25) is 0 Å². The Morgan fingerprint density at radius 3 is 2.11 bits per heavy atom. The zero-order valence-electron chi connectivity index (χ0n) is 12.7. The van der Waals surface area contributed by atoms with E-state index in [1.807, 2.05) is 0 Å². The molecule has 1 aromatic rings. The van der Waals surface area contributed by atoms with Gasteiger partial charge in [0.1, 0.15) is 0 Å². The van der Waals surface area contributed by atoms with Crippen molar-refractivity contribution in [3.63, 3.8) is 0 Å². The van der Waals surface area contributed by atoms with Crippen molar-refractivity contribution in [2.75, 3.05) is 0 Å². The van der Waals surface area contributed by atoms with Crippen LogP contribution in [0.2, 0.25) is 0 Å². The van der Waals surface area contributed by atoms with Gasteiger partial charge in [-0.2, -0.15) is 0 Å². The lowest BCUT2D eigenvalue weighted by molar-refractivity contribution is 0.407. The van der Waals surface area contributed by atoms with Crippen LogP contribution in [-0.2, 0) is 6.42 Å². The van der Waals surface area contributed by atoms with Crippen molar-refractivity contribution in [2.45, 2.75) is 66.0 Å². The summed E-state index contributed by atoms with van der Waals surface area (Å²) in [5.41, 5.74) is 2.84. The summed E-state index contributed by atoms with van der Waals surface area (Å²) in [5.74, 6) is 0.756. The van der Waals surface area contributed by atoms with E-state index >= 15 is 0 Å². The molecule has 1 rings (SSSR count). The summed E-state index contributed by atoms with van der Waals surface area (Å²) >= 11 is 0. The number of benzene rings is 1. The van der Waals surface area contributed by atoms with Crippen LogP contribution < -0.4 is 5.32 Å². The van der Waals surface area contributed by atoms with Crippen LogP contribution in [0.25, 0.3) is 0 Å². The van der Waals surface area contributed by atoms with Gasteiger partial charge in [0.05, 0.1) is 0 Å². The second kappa shape index (κ2) is 7.58. The van der Waals surface area contributed by atoms with Gasteiger partial charge in [0.15, 0.2) is 0 Å². The van der Waals surface area contributed by atoms with Gasteiger partial charge in [0, 0.05) is 12.1 Å². The van der Waals surface area contributed by atoms with E-state index in [2.05, 4.69) is 64.2 Å². The minimum Gasteiger partial charge on any atom is -0.308 e. The monoisotopic (exact) mass is 247 g/mol. The molecule has 1 nitrogen and oxygen atoms in total. The van der Waals surface area contributed by atoms with Crippen molar-refractivity contribution in [1.29, 1.82) is 0 Å². The Balaban J connectivity index is 2.52. The maximum absolute atomic E-state index is 3.68. The van der Waals surface area contributed by atoms with Gasteiger partial charge in [-0.05, 0) is 43.7 Å². The Morgan fingerprint density at radius 1 is 1.00 bits per heavy atom. The lowest BCUT2D eigenvalue weighted by atomic mass is 10.0. The molecule has 0 fully saturated rings. The van der Waals surface area contributed by atoms with Crippen LogP contribution in [0.3, 0.4) is 0 Å². The van der Waals surface area contributed by atoms with Crippen molar-refractivity contribution in [3.8, 4) is 0 Å². The molecule has 1 N–H and O–H groups in total.